The summed E-state index contributed by atoms with van der Waals surface area (Å²) in [6, 6.07) is 15.8. The van der Waals surface area contributed by atoms with Gasteiger partial charge in [-0.25, -0.2) is 23.2 Å². The molecule has 0 heterocycles. The van der Waals surface area contributed by atoms with E-state index in [4.69, 9.17) is 38.5 Å². The third-order valence-electron chi connectivity index (χ3n) is 5.26. The van der Waals surface area contributed by atoms with Crippen molar-refractivity contribution >= 4 is 32.0 Å². The normalized spacial score (nSPS) is 15.1. The van der Waals surface area contributed by atoms with Crippen LogP contribution in [0.3, 0.4) is 0 Å². The minimum atomic E-state index is -4.97. The first-order valence-corrected chi connectivity index (χ1v) is 13.9. The Morgan fingerprint density at radius 2 is 1.24 bits per heavy atom. The number of hydrogen-bond donors (Lipinski definition) is 3. The molecule has 2 aromatic rings. The Hall–Kier alpha value is -4.13. The van der Waals surface area contributed by atoms with Crippen LogP contribution in [0.1, 0.15) is 38.8 Å². The Morgan fingerprint density at radius 1 is 0.854 bits per heavy atom. The van der Waals surface area contributed by atoms with E-state index in [0.29, 0.717) is 0 Å². The monoisotopic (exact) mass is 595 g/mol. The van der Waals surface area contributed by atoms with E-state index in [1.54, 1.807) is 50.2 Å². The van der Waals surface area contributed by atoms with Crippen molar-refractivity contribution in [3.8, 4) is 0 Å². The first-order valence-electron chi connectivity index (χ1n) is 12.4. The Labute approximate surface area is 237 Å². The highest BCUT2D eigenvalue weighted by Gasteiger charge is 2.49. The van der Waals surface area contributed by atoms with Crippen molar-refractivity contribution in [3.05, 3.63) is 71.8 Å². The van der Waals surface area contributed by atoms with Crippen molar-refractivity contribution in [3.63, 3.8) is 0 Å². The van der Waals surface area contributed by atoms with Crippen LogP contribution in [0.5, 0.6) is 0 Å². The van der Waals surface area contributed by atoms with Crippen molar-refractivity contribution in [2.24, 2.45) is 0 Å². The number of guanidine groups is 1. The van der Waals surface area contributed by atoms with E-state index >= 15 is 0 Å². The van der Waals surface area contributed by atoms with Gasteiger partial charge in [0.05, 0.1) is 13.2 Å². The third kappa shape index (κ3) is 9.78. The number of aliphatic carboxylic acids is 1. The van der Waals surface area contributed by atoms with Crippen LogP contribution in [0.25, 0.3) is 0 Å². The molecular formula is C26H34N3O11P. The van der Waals surface area contributed by atoms with Gasteiger partial charge in [0.25, 0.3) is 11.6 Å². The minimum Gasteiger partial charge on any atom is -0.480 e. The SMILES string of the molecule is CCOC(=O)OC(C)(OP(=O)(NC(=N)N(C)CC(=O)O)OC(C)(OC(=O)OCC)c1ccccc1)c1ccccc1. The molecule has 0 bridgehead atoms. The summed E-state index contributed by atoms with van der Waals surface area (Å²) in [5, 5.41) is 19.8. The first kappa shape index (κ1) is 33.1. The summed E-state index contributed by atoms with van der Waals surface area (Å²) in [6.45, 7) is 4.88. The number of nitrogens with zero attached hydrogens (tertiary/aromatic N) is 1. The summed E-state index contributed by atoms with van der Waals surface area (Å²) in [5.41, 5.74) is 0.383. The molecule has 0 amide bonds. The van der Waals surface area contributed by atoms with Crippen LogP contribution in [0.4, 0.5) is 9.59 Å². The van der Waals surface area contributed by atoms with Crippen LogP contribution >= 0.6 is 7.75 Å². The average Bonchev–Trinajstić information content (AvgIpc) is 2.89. The number of carbonyl (C=O) groups excluding carboxylic acids is 2. The predicted octanol–water partition coefficient (Wildman–Crippen LogP) is 4.76. The Morgan fingerprint density at radius 3 is 1.59 bits per heavy atom. The van der Waals surface area contributed by atoms with Crippen LogP contribution in [0, 0.1) is 5.41 Å². The second kappa shape index (κ2) is 14.5. The topological polar surface area (TPSA) is 183 Å². The van der Waals surface area contributed by atoms with Gasteiger partial charge in [-0.1, -0.05) is 60.7 Å². The molecule has 3 N–H and O–H groups in total. The van der Waals surface area contributed by atoms with E-state index < -0.39 is 50.1 Å². The zero-order chi connectivity index (χ0) is 30.7. The van der Waals surface area contributed by atoms with E-state index in [-0.39, 0.29) is 24.3 Å². The van der Waals surface area contributed by atoms with Crippen molar-refractivity contribution in [1.29, 1.82) is 5.41 Å². The fraction of sp³-hybridized carbons (Fsp3) is 0.385. The lowest BCUT2D eigenvalue weighted by molar-refractivity contribution is -0.188. The van der Waals surface area contributed by atoms with Gasteiger partial charge in [0, 0.05) is 32.0 Å². The number of ether oxygens (including phenoxy) is 4. The smallest absolute Gasteiger partial charge is 0.480 e. The molecule has 0 radical (unpaired) electrons. The van der Waals surface area contributed by atoms with Crippen molar-refractivity contribution in [1.82, 2.24) is 9.99 Å². The maximum Gasteiger partial charge on any atom is 0.511 e. The van der Waals surface area contributed by atoms with Crippen LogP contribution in [-0.4, -0.2) is 61.1 Å². The molecule has 0 saturated carbocycles. The average molecular weight is 596 g/mol. The predicted molar refractivity (Wildman–Crippen MR) is 145 cm³/mol. The molecule has 15 heteroatoms. The van der Waals surface area contributed by atoms with Gasteiger partial charge >= 0.3 is 26.0 Å². The fourth-order valence-corrected chi connectivity index (χ4v) is 5.14. The molecule has 0 saturated heterocycles. The molecule has 2 aromatic carbocycles. The summed E-state index contributed by atoms with van der Waals surface area (Å²) < 4.78 is 46.9. The second-order valence-corrected chi connectivity index (χ2v) is 10.2. The van der Waals surface area contributed by atoms with Crippen LogP contribution in [-0.2, 0) is 48.9 Å². The van der Waals surface area contributed by atoms with Gasteiger partial charge in [-0.15, -0.1) is 0 Å². The Bertz CT molecular complexity index is 1170. The highest BCUT2D eigenvalue weighted by molar-refractivity contribution is 7.52. The lowest BCUT2D eigenvalue weighted by atomic mass is 10.1. The molecule has 0 aromatic heterocycles. The summed E-state index contributed by atoms with van der Waals surface area (Å²) in [4.78, 5) is 37.0. The summed E-state index contributed by atoms with van der Waals surface area (Å²) >= 11 is 0. The number of likely N-dealkylation sites (N-methyl/N-ethyl adjacent to an activating group) is 1. The number of rotatable bonds is 13. The van der Waals surface area contributed by atoms with Crippen LogP contribution < -0.4 is 5.09 Å². The summed E-state index contributed by atoms with van der Waals surface area (Å²) in [5.74, 6) is -6.31. The minimum absolute atomic E-state index is 0.0415. The standard InChI is InChI=1S/C26H34N3O11P/c1-6-35-23(32)37-25(3,19-14-10-8-11-15-19)39-41(34,28-22(27)29(5)18-21(30)31)40-26(4,38-24(33)36-7-2)20-16-12-9-13-17-20/h8-17H,6-7,18H2,1-5H3,(H,30,31)(H2,27,28,34). The van der Waals surface area contributed by atoms with Crippen LogP contribution in [0.2, 0.25) is 0 Å². The molecule has 0 aliphatic rings. The second-order valence-electron chi connectivity index (χ2n) is 8.58. The van der Waals surface area contributed by atoms with Gasteiger partial charge in [-0.3, -0.25) is 15.3 Å². The lowest BCUT2D eigenvalue weighted by Gasteiger charge is -2.37. The van der Waals surface area contributed by atoms with E-state index in [1.165, 1.54) is 45.2 Å². The molecule has 224 valence electrons. The van der Waals surface area contributed by atoms with E-state index in [9.17, 15) is 18.9 Å². The molecular weight excluding hydrogens is 561 g/mol. The van der Waals surface area contributed by atoms with Crippen LogP contribution in [0.15, 0.2) is 60.7 Å². The highest BCUT2D eigenvalue weighted by atomic mass is 31.2. The van der Waals surface area contributed by atoms with Crippen molar-refractivity contribution in [2.75, 3.05) is 26.8 Å². The van der Waals surface area contributed by atoms with Gasteiger partial charge in [-0.2, -0.15) is 0 Å². The number of hydrogen-bond acceptors (Lipinski definition) is 11. The highest BCUT2D eigenvalue weighted by Crippen LogP contribution is 2.56. The zero-order valence-corrected chi connectivity index (χ0v) is 24.2. The van der Waals surface area contributed by atoms with Gasteiger partial charge in [-0.05, 0) is 13.8 Å². The molecule has 2 atom stereocenters. The molecule has 41 heavy (non-hydrogen) atoms. The molecule has 14 nitrogen and oxygen atoms in total. The molecule has 2 unspecified atom stereocenters. The van der Waals surface area contributed by atoms with Gasteiger partial charge < -0.3 is 29.0 Å². The largest absolute Gasteiger partial charge is 0.511 e. The Balaban J connectivity index is 2.65. The fourth-order valence-electron chi connectivity index (χ4n) is 3.37. The first-order chi connectivity index (χ1) is 19.3. The number of nitrogens with one attached hydrogen (secondary N) is 2. The molecule has 0 fully saturated rings. The van der Waals surface area contributed by atoms with Crippen molar-refractivity contribution < 1.29 is 52.1 Å². The maximum absolute atomic E-state index is 14.5. The quantitative estimate of drug-likeness (QED) is 0.0948. The van der Waals surface area contributed by atoms with E-state index in [1.807, 2.05) is 0 Å². The molecule has 0 aliphatic carbocycles. The Kier molecular flexibility index (Phi) is 11.7. The number of carbonyl (C=O) groups is 3. The number of carboxylic acid groups (broad SMARTS) is 1. The molecule has 0 aliphatic heterocycles. The van der Waals surface area contributed by atoms with Gasteiger partial charge in [0.1, 0.15) is 6.54 Å². The summed E-state index contributed by atoms with van der Waals surface area (Å²) in [6.07, 6.45) is -2.34. The number of carboxylic acids is 1. The molecule has 2 rings (SSSR count). The third-order valence-corrected chi connectivity index (χ3v) is 6.93. The summed E-state index contributed by atoms with van der Waals surface area (Å²) in [7, 11) is -3.73. The maximum atomic E-state index is 14.5. The van der Waals surface area contributed by atoms with E-state index in [0.717, 1.165) is 4.90 Å². The number of benzene rings is 2. The molecule has 0 spiro atoms. The zero-order valence-electron chi connectivity index (χ0n) is 23.3. The van der Waals surface area contributed by atoms with E-state index in [2.05, 4.69) is 5.09 Å². The van der Waals surface area contributed by atoms with Gasteiger partial charge in [0.2, 0.25) is 0 Å². The van der Waals surface area contributed by atoms with Gasteiger partial charge in [0.15, 0.2) is 5.96 Å². The van der Waals surface area contributed by atoms with Crippen molar-refractivity contribution in [2.45, 2.75) is 39.3 Å². The lowest BCUT2D eigenvalue weighted by Crippen LogP contribution is -2.43.